The molecule has 0 radical (unpaired) electrons. The third kappa shape index (κ3) is 1.64. The van der Waals surface area contributed by atoms with Crippen molar-refractivity contribution in [1.29, 1.82) is 0 Å². The molecule has 1 heterocycles. The normalized spacial score (nSPS) is 30.5. The van der Waals surface area contributed by atoms with Crippen LogP contribution >= 0.6 is 0 Å². The Balaban J connectivity index is 2.45. The first kappa shape index (κ1) is 9.19. The van der Waals surface area contributed by atoms with Crippen LogP contribution in [0.2, 0.25) is 6.55 Å². The van der Waals surface area contributed by atoms with Crippen LogP contribution in [-0.2, 0) is 13.6 Å². The Labute approximate surface area is 68.9 Å². The van der Waals surface area contributed by atoms with E-state index in [1.165, 1.54) is 0 Å². The van der Waals surface area contributed by atoms with E-state index in [0.29, 0.717) is 6.10 Å². The molecule has 0 bridgehead atoms. The summed E-state index contributed by atoms with van der Waals surface area (Å²) in [6, 6.07) is 0. The minimum atomic E-state index is -1.97. The lowest BCUT2D eigenvalue weighted by molar-refractivity contribution is 0.230. The van der Waals surface area contributed by atoms with Gasteiger partial charge in [0.25, 0.3) is 0 Å². The Morgan fingerprint density at radius 1 is 1.36 bits per heavy atom. The van der Waals surface area contributed by atoms with Crippen molar-refractivity contribution < 1.29 is 13.6 Å². The summed E-state index contributed by atoms with van der Waals surface area (Å²) in [5.41, 5.74) is 0.252. The molecular weight excluding hydrogens is 160 g/mol. The smallest absolute Gasteiger partial charge is 0.367 e. The van der Waals surface area contributed by atoms with Gasteiger partial charge in [0, 0.05) is 14.2 Å². The average molecular weight is 176 g/mol. The highest BCUT2D eigenvalue weighted by atomic mass is 28.4. The molecule has 1 rings (SSSR count). The number of epoxide rings is 1. The molecule has 1 saturated heterocycles. The first-order chi connectivity index (χ1) is 5.18. The Bertz CT molecular complexity index is 136. The van der Waals surface area contributed by atoms with E-state index in [0.717, 1.165) is 6.42 Å². The lowest BCUT2D eigenvalue weighted by atomic mass is 10.4. The predicted octanol–water partition coefficient (Wildman–Crippen LogP) is 1.07. The topological polar surface area (TPSA) is 31.0 Å². The fourth-order valence-corrected chi connectivity index (χ4v) is 3.19. The fraction of sp³-hybridized carbons (Fsp3) is 1.00. The van der Waals surface area contributed by atoms with Crippen LogP contribution in [0.4, 0.5) is 0 Å². The molecule has 1 fully saturated rings. The second-order valence-corrected chi connectivity index (χ2v) is 6.35. The molecule has 0 aromatic carbocycles. The van der Waals surface area contributed by atoms with E-state index in [1.807, 2.05) is 6.55 Å². The van der Waals surface area contributed by atoms with Gasteiger partial charge in [-0.15, -0.1) is 0 Å². The van der Waals surface area contributed by atoms with Crippen molar-refractivity contribution in [1.82, 2.24) is 0 Å². The van der Waals surface area contributed by atoms with Gasteiger partial charge in [-0.2, -0.15) is 0 Å². The zero-order chi connectivity index (χ0) is 8.48. The van der Waals surface area contributed by atoms with E-state index in [-0.39, 0.29) is 5.73 Å². The monoisotopic (exact) mass is 176 g/mol. The molecule has 4 heteroatoms. The van der Waals surface area contributed by atoms with Crippen LogP contribution in [-0.4, -0.2) is 34.6 Å². The van der Waals surface area contributed by atoms with Crippen molar-refractivity contribution in [3.8, 4) is 0 Å². The largest absolute Gasteiger partial charge is 0.396 e. The van der Waals surface area contributed by atoms with E-state index >= 15 is 0 Å². The van der Waals surface area contributed by atoms with Gasteiger partial charge in [0.2, 0.25) is 0 Å². The number of hydrogen-bond acceptors (Lipinski definition) is 3. The lowest BCUT2D eigenvalue weighted by Gasteiger charge is -2.20. The quantitative estimate of drug-likeness (QED) is 0.474. The fourth-order valence-electron chi connectivity index (χ4n) is 1.23. The molecule has 1 aliphatic heterocycles. The minimum Gasteiger partial charge on any atom is -0.396 e. The summed E-state index contributed by atoms with van der Waals surface area (Å²) in [6.45, 7) is 4.15. The van der Waals surface area contributed by atoms with Crippen LogP contribution in [0.1, 0.15) is 13.3 Å². The summed E-state index contributed by atoms with van der Waals surface area (Å²) in [7, 11) is 1.43. The summed E-state index contributed by atoms with van der Waals surface area (Å²) in [5.74, 6) is 0. The van der Waals surface area contributed by atoms with E-state index < -0.39 is 8.56 Å². The Morgan fingerprint density at radius 2 is 1.91 bits per heavy atom. The van der Waals surface area contributed by atoms with Crippen LogP contribution in [0.25, 0.3) is 0 Å². The van der Waals surface area contributed by atoms with Crippen LogP contribution in [0.15, 0.2) is 0 Å². The third-order valence-electron chi connectivity index (χ3n) is 2.31. The maximum atomic E-state index is 5.42. The molecule has 0 aromatic rings. The maximum absolute atomic E-state index is 5.42. The molecule has 11 heavy (non-hydrogen) atoms. The standard InChI is InChI=1S/C7H16O3Si/c1-5-6-7(10-6)11(4,8-2)9-3/h6-7H,5H2,1-4H3. The Kier molecular flexibility index (Phi) is 2.69. The summed E-state index contributed by atoms with van der Waals surface area (Å²) < 4.78 is 16.1. The molecule has 0 amide bonds. The average Bonchev–Trinajstić information content (AvgIpc) is 2.82. The number of hydrogen-bond donors (Lipinski definition) is 0. The van der Waals surface area contributed by atoms with Gasteiger partial charge in [0.1, 0.15) is 5.73 Å². The number of ether oxygens (including phenoxy) is 1. The van der Waals surface area contributed by atoms with Gasteiger partial charge in [0.05, 0.1) is 6.10 Å². The summed E-state index contributed by atoms with van der Waals surface area (Å²) in [4.78, 5) is 0. The van der Waals surface area contributed by atoms with Crippen LogP contribution in [0.3, 0.4) is 0 Å². The van der Waals surface area contributed by atoms with Gasteiger partial charge >= 0.3 is 8.56 Å². The van der Waals surface area contributed by atoms with Crippen LogP contribution < -0.4 is 0 Å². The van der Waals surface area contributed by atoms with Gasteiger partial charge in [0.15, 0.2) is 0 Å². The summed E-state index contributed by atoms with van der Waals surface area (Å²) >= 11 is 0. The van der Waals surface area contributed by atoms with Crippen LogP contribution in [0.5, 0.6) is 0 Å². The van der Waals surface area contributed by atoms with Crippen LogP contribution in [0, 0.1) is 0 Å². The molecule has 66 valence electrons. The van der Waals surface area contributed by atoms with E-state index in [4.69, 9.17) is 13.6 Å². The lowest BCUT2D eigenvalue weighted by Crippen LogP contribution is -2.44. The molecule has 0 saturated carbocycles. The van der Waals surface area contributed by atoms with Crippen molar-refractivity contribution in [2.75, 3.05) is 14.2 Å². The summed E-state index contributed by atoms with van der Waals surface area (Å²) in [5, 5.41) is 0. The van der Waals surface area contributed by atoms with Gasteiger partial charge in [-0.05, 0) is 13.0 Å². The highest BCUT2D eigenvalue weighted by Gasteiger charge is 2.55. The number of rotatable bonds is 4. The molecule has 0 aromatic heterocycles. The van der Waals surface area contributed by atoms with Gasteiger partial charge in [-0.1, -0.05) is 6.92 Å². The zero-order valence-corrected chi connectivity index (χ0v) is 8.59. The van der Waals surface area contributed by atoms with Crippen molar-refractivity contribution in [3.05, 3.63) is 0 Å². The van der Waals surface area contributed by atoms with Crippen molar-refractivity contribution >= 4 is 8.56 Å². The van der Waals surface area contributed by atoms with Gasteiger partial charge in [-0.25, -0.2) is 0 Å². The first-order valence-electron chi connectivity index (χ1n) is 3.93. The van der Waals surface area contributed by atoms with E-state index in [2.05, 4.69) is 6.92 Å². The van der Waals surface area contributed by atoms with Crippen molar-refractivity contribution in [2.24, 2.45) is 0 Å². The molecule has 0 aliphatic carbocycles. The second kappa shape index (κ2) is 3.22. The highest BCUT2D eigenvalue weighted by Crippen LogP contribution is 2.33. The zero-order valence-electron chi connectivity index (χ0n) is 7.59. The van der Waals surface area contributed by atoms with Crippen molar-refractivity contribution in [2.45, 2.75) is 31.7 Å². The SMILES string of the molecule is CCC1OC1[Si](C)(OC)OC. The Morgan fingerprint density at radius 3 is 2.18 bits per heavy atom. The molecule has 1 aliphatic rings. The molecule has 3 nitrogen and oxygen atoms in total. The maximum Gasteiger partial charge on any atom is 0.367 e. The molecule has 2 atom stereocenters. The third-order valence-corrected chi connectivity index (χ3v) is 5.48. The van der Waals surface area contributed by atoms with Gasteiger partial charge < -0.3 is 13.6 Å². The Hall–Kier alpha value is 0.0969. The van der Waals surface area contributed by atoms with Gasteiger partial charge in [-0.3, -0.25) is 0 Å². The van der Waals surface area contributed by atoms with Crippen molar-refractivity contribution in [3.63, 3.8) is 0 Å². The molecular formula is C7H16O3Si. The van der Waals surface area contributed by atoms with E-state index in [1.54, 1.807) is 14.2 Å². The van der Waals surface area contributed by atoms with E-state index in [9.17, 15) is 0 Å². The minimum absolute atomic E-state index is 0.252. The molecule has 0 N–H and O–H groups in total. The summed E-state index contributed by atoms with van der Waals surface area (Å²) in [6.07, 6.45) is 1.44. The first-order valence-corrected chi connectivity index (χ1v) is 6.33. The molecule has 0 spiro atoms. The predicted molar refractivity (Wildman–Crippen MR) is 44.6 cm³/mol. The second-order valence-electron chi connectivity index (χ2n) is 2.93. The highest BCUT2D eigenvalue weighted by molar-refractivity contribution is 6.68. The molecule has 2 unspecified atom stereocenters.